The summed E-state index contributed by atoms with van der Waals surface area (Å²) in [6.45, 7) is 7.55. The molecule has 0 aliphatic heterocycles. The average molecular weight is 221 g/mol. The molecule has 0 amide bonds. The lowest BCUT2D eigenvalue weighted by Gasteiger charge is -2.30. The summed E-state index contributed by atoms with van der Waals surface area (Å²) in [7, 11) is 1.97. The summed E-state index contributed by atoms with van der Waals surface area (Å²) in [4.78, 5) is 0. The van der Waals surface area contributed by atoms with Gasteiger partial charge in [0.25, 0.3) is 0 Å². The van der Waals surface area contributed by atoms with Crippen LogP contribution in [0.25, 0.3) is 0 Å². The van der Waals surface area contributed by atoms with Crippen molar-refractivity contribution in [2.75, 3.05) is 7.05 Å². The normalized spacial score (nSPS) is 17.5. The van der Waals surface area contributed by atoms with Gasteiger partial charge < -0.3 is 5.32 Å². The fourth-order valence-electron chi connectivity index (χ4n) is 2.25. The molecule has 1 heterocycles. The number of rotatable bonds is 3. The third-order valence-electron chi connectivity index (χ3n) is 3.30. The van der Waals surface area contributed by atoms with Crippen LogP contribution in [-0.2, 0) is 12.1 Å². The Morgan fingerprint density at radius 2 is 2.12 bits per heavy atom. The second kappa shape index (κ2) is 4.21. The van der Waals surface area contributed by atoms with Gasteiger partial charge in [-0.1, -0.05) is 6.42 Å². The van der Waals surface area contributed by atoms with Gasteiger partial charge in [0.2, 0.25) is 0 Å². The molecule has 1 aliphatic carbocycles. The van der Waals surface area contributed by atoms with E-state index in [-0.39, 0.29) is 5.54 Å². The van der Waals surface area contributed by atoms with Gasteiger partial charge in [0.15, 0.2) is 0 Å². The molecule has 16 heavy (non-hydrogen) atoms. The summed E-state index contributed by atoms with van der Waals surface area (Å²) in [5.41, 5.74) is 2.69. The van der Waals surface area contributed by atoms with Crippen molar-refractivity contribution in [3.05, 3.63) is 17.5 Å². The van der Waals surface area contributed by atoms with E-state index in [0.717, 1.165) is 12.5 Å². The highest BCUT2D eigenvalue weighted by molar-refractivity contribution is 5.18. The van der Waals surface area contributed by atoms with Gasteiger partial charge in [-0.25, -0.2) is 0 Å². The molecular formula is C13H23N3. The molecule has 0 unspecified atom stereocenters. The first-order valence-corrected chi connectivity index (χ1v) is 6.26. The lowest BCUT2D eigenvalue weighted by Crippen LogP contribution is -2.28. The lowest BCUT2D eigenvalue weighted by molar-refractivity contribution is 0.306. The van der Waals surface area contributed by atoms with Crippen LogP contribution >= 0.6 is 0 Å². The van der Waals surface area contributed by atoms with Gasteiger partial charge in [-0.2, -0.15) is 5.10 Å². The van der Waals surface area contributed by atoms with Crippen molar-refractivity contribution in [3.8, 4) is 0 Å². The van der Waals surface area contributed by atoms with Crippen LogP contribution in [-0.4, -0.2) is 16.8 Å². The van der Waals surface area contributed by atoms with Gasteiger partial charge in [-0.3, -0.25) is 4.68 Å². The molecule has 1 aromatic heterocycles. The Labute approximate surface area is 98.2 Å². The topological polar surface area (TPSA) is 29.9 Å². The Kier molecular flexibility index (Phi) is 3.06. The zero-order valence-electron chi connectivity index (χ0n) is 10.9. The maximum atomic E-state index is 4.73. The van der Waals surface area contributed by atoms with E-state index in [4.69, 9.17) is 5.10 Å². The zero-order valence-corrected chi connectivity index (χ0v) is 10.9. The molecule has 90 valence electrons. The summed E-state index contributed by atoms with van der Waals surface area (Å²) in [6, 6.07) is 2.28. The Morgan fingerprint density at radius 3 is 2.56 bits per heavy atom. The minimum Gasteiger partial charge on any atom is -0.314 e. The van der Waals surface area contributed by atoms with Crippen LogP contribution in [0.1, 0.15) is 57.3 Å². The second-order valence-corrected chi connectivity index (χ2v) is 5.80. The van der Waals surface area contributed by atoms with E-state index < -0.39 is 0 Å². The molecule has 1 N–H and O–H groups in total. The summed E-state index contributed by atoms with van der Waals surface area (Å²) < 4.78 is 2.23. The van der Waals surface area contributed by atoms with E-state index >= 15 is 0 Å². The highest BCUT2D eigenvalue weighted by Crippen LogP contribution is 2.38. The maximum Gasteiger partial charge on any atom is 0.0765 e. The molecule has 3 nitrogen and oxygen atoms in total. The van der Waals surface area contributed by atoms with Crippen molar-refractivity contribution in [1.29, 1.82) is 0 Å². The largest absolute Gasteiger partial charge is 0.314 e. The summed E-state index contributed by atoms with van der Waals surface area (Å²) in [6.07, 6.45) is 4.04. The molecular weight excluding hydrogens is 198 g/mol. The standard InChI is InChI=1S/C13H23N3/c1-13(2,3)16-12(10-6-5-7-10)8-11(15-16)9-14-4/h8,10,14H,5-7,9H2,1-4H3. The Bertz CT molecular complexity index is 356. The number of hydrogen-bond acceptors (Lipinski definition) is 2. The zero-order chi connectivity index (χ0) is 11.8. The molecule has 0 bridgehead atoms. The number of aromatic nitrogens is 2. The molecule has 0 saturated heterocycles. The van der Waals surface area contributed by atoms with Gasteiger partial charge in [0, 0.05) is 18.2 Å². The van der Waals surface area contributed by atoms with E-state index in [2.05, 4.69) is 36.8 Å². The van der Waals surface area contributed by atoms with Gasteiger partial charge in [-0.05, 0) is 46.7 Å². The molecule has 2 rings (SSSR count). The minimum atomic E-state index is 0.0942. The van der Waals surface area contributed by atoms with Crippen molar-refractivity contribution in [3.63, 3.8) is 0 Å². The van der Waals surface area contributed by atoms with Crippen molar-refractivity contribution in [2.45, 2.75) is 58.0 Å². The molecule has 0 aromatic carbocycles. The highest BCUT2D eigenvalue weighted by atomic mass is 15.3. The predicted molar refractivity (Wildman–Crippen MR) is 66.6 cm³/mol. The predicted octanol–water partition coefficient (Wildman–Crippen LogP) is 2.63. The smallest absolute Gasteiger partial charge is 0.0765 e. The molecule has 1 aromatic rings. The van der Waals surface area contributed by atoms with E-state index in [0.29, 0.717) is 0 Å². The molecule has 0 spiro atoms. The third-order valence-corrected chi connectivity index (χ3v) is 3.30. The minimum absolute atomic E-state index is 0.0942. The summed E-state index contributed by atoms with van der Waals surface area (Å²) in [5, 5.41) is 7.90. The lowest BCUT2D eigenvalue weighted by atomic mass is 9.82. The Hall–Kier alpha value is -0.830. The SMILES string of the molecule is CNCc1cc(C2CCC2)n(C(C)(C)C)n1. The van der Waals surface area contributed by atoms with Crippen LogP contribution in [0, 0.1) is 0 Å². The van der Waals surface area contributed by atoms with Gasteiger partial charge in [0.05, 0.1) is 11.2 Å². The second-order valence-electron chi connectivity index (χ2n) is 5.80. The molecule has 0 atom stereocenters. The van der Waals surface area contributed by atoms with Crippen LogP contribution in [0.3, 0.4) is 0 Å². The van der Waals surface area contributed by atoms with Crippen molar-refractivity contribution >= 4 is 0 Å². The number of hydrogen-bond donors (Lipinski definition) is 1. The quantitative estimate of drug-likeness (QED) is 0.850. The molecule has 3 heteroatoms. The van der Waals surface area contributed by atoms with Crippen molar-refractivity contribution in [2.24, 2.45) is 0 Å². The van der Waals surface area contributed by atoms with E-state index in [1.54, 1.807) is 0 Å². The fraction of sp³-hybridized carbons (Fsp3) is 0.769. The average Bonchev–Trinajstić information content (AvgIpc) is 2.45. The maximum absolute atomic E-state index is 4.73. The first kappa shape index (κ1) is 11.6. The van der Waals surface area contributed by atoms with E-state index in [9.17, 15) is 0 Å². The fourth-order valence-corrected chi connectivity index (χ4v) is 2.25. The highest BCUT2D eigenvalue weighted by Gasteiger charge is 2.28. The van der Waals surface area contributed by atoms with Gasteiger partial charge in [0.1, 0.15) is 0 Å². The first-order chi connectivity index (χ1) is 7.52. The molecule has 0 radical (unpaired) electrons. The number of nitrogens with zero attached hydrogens (tertiary/aromatic N) is 2. The summed E-state index contributed by atoms with van der Waals surface area (Å²) >= 11 is 0. The van der Waals surface area contributed by atoms with Crippen LogP contribution in [0.5, 0.6) is 0 Å². The van der Waals surface area contributed by atoms with Crippen molar-refractivity contribution in [1.82, 2.24) is 15.1 Å². The Morgan fingerprint density at radius 1 is 1.44 bits per heavy atom. The van der Waals surface area contributed by atoms with Crippen molar-refractivity contribution < 1.29 is 0 Å². The summed E-state index contributed by atoms with van der Waals surface area (Å²) in [5.74, 6) is 0.748. The molecule has 1 aliphatic rings. The van der Waals surface area contributed by atoms with Crippen LogP contribution < -0.4 is 5.32 Å². The molecule has 1 fully saturated rings. The van der Waals surface area contributed by atoms with E-state index in [1.807, 2.05) is 7.05 Å². The van der Waals surface area contributed by atoms with Crippen LogP contribution in [0.4, 0.5) is 0 Å². The van der Waals surface area contributed by atoms with Gasteiger partial charge in [-0.15, -0.1) is 0 Å². The third kappa shape index (κ3) is 2.14. The van der Waals surface area contributed by atoms with Crippen LogP contribution in [0.2, 0.25) is 0 Å². The van der Waals surface area contributed by atoms with E-state index in [1.165, 1.54) is 30.7 Å². The Balaban J connectivity index is 2.32. The number of nitrogens with one attached hydrogen (secondary N) is 1. The van der Waals surface area contributed by atoms with Gasteiger partial charge >= 0.3 is 0 Å². The molecule has 1 saturated carbocycles. The first-order valence-electron chi connectivity index (χ1n) is 6.26. The monoisotopic (exact) mass is 221 g/mol. The van der Waals surface area contributed by atoms with Crippen LogP contribution in [0.15, 0.2) is 6.07 Å².